The molecule has 0 saturated carbocycles. The van der Waals surface area contributed by atoms with Gasteiger partial charge < -0.3 is 15.7 Å². The lowest BCUT2D eigenvalue weighted by Gasteiger charge is -2.22. The molecule has 1 aromatic carbocycles. The number of piperidine rings is 1. The minimum absolute atomic E-state index is 0. The number of phenolic OH excluding ortho intramolecular Hbond substituents is 1. The minimum Gasteiger partial charge on any atom is -0.504 e. The number of anilines is 1. The van der Waals surface area contributed by atoms with Crippen LogP contribution in [0.5, 0.6) is 5.75 Å². The summed E-state index contributed by atoms with van der Waals surface area (Å²) in [5.74, 6) is -0.551. The van der Waals surface area contributed by atoms with Crippen molar-refractivity contribution in [1.29, 1.82) is 0 Å². The lowest BCUT2D eigenvalue weighted by Crippen LogP contribution is -2.34. The molecule has 0 aromatic heterocycles. The third kappa shape index (κ3) is 3.83. The Balaban J connectivity index is 0.00000200. The molecule has 3 N–H and O–H groups in total. The normalized spacial score (nSPS) is 15.6. The molecule has 0 aliphatic carbocycles. The molecule has 1 amide bonds. The van der Waals surface area contributed by atoms with Crippen molar-refractivity contribution >= 4 is 58.8 Å². The molecule has 0 spiro atoms. The van der Waals surface area contributed by atoms with E-state index < -0.39 is 0 Å². The summed E-state index contributed by atoms with van der Waals surface area (Å²) in [6, 6.07) is 1.33. The highest BCUT2D eigenvalue weighted by atomic mass is 35.5. The van der Waals surface area contributed by atoms with E-state index in [0.717, 1.165) is 25.9 Å². The van der Waals surface area contributed by atoms with Crippen LogP contribution in [0.4, 0.5) is 5.69 Å². The molecular formula is C12H14Cl4N2O2. The molecule has 2 rings (SSSR count). The van der Waals surface area contributed by atoms with Gasteiger partial charge in [-0.1, -0.05) is 34.8 Å². The van der Waals surface area contributed by atoms with Gasteiger partial charge in [0.15, 0.2) is 5.75 Å². The zero-order valence-electron chi connectivity index (χ0n) is 10.4. The van der Waals surface area contributed by atoms with E-state index in [2.05, 4.69) is 10.6 Å². The van der Waals surface area contributed by atoms with Crippen LogP contribution in [0.3, 0.4) is 0 Å². The predicted octanol–water partition coefficient (Wildman–Crippen LogP) is 3.71. The number of halogens is 4. The van der Waals surface area contributed by atoms with E-state index in [4.69, 9.17) is 34.8 Å². The first-order valence-corrected chi connectivity index (χ1v) is 7.02. The molecule has 4 nitrogen and oxygen atoms in total. The molecular weight excluding hydrogens is 346 g/mol. The van der Waals surface area contributed by atoms with Gasteiger partial charge in [0.05, 0.1) is 15.1 Å². The van der Waals surface area contributed by atoms with Crippen LogP contribution in [0.15, 0.2) is 6.07 Å². The number of carbonyl (C=O) groups is 1. The zero-order valence-corrected chi connectivity index (χ0v) is 13.5. The topological polar surface area (TPSA) is 61.4 Å². The van der Waals surface area contributed by atoms with Gasteiger partial charge >= 0.3 is 0 Å². The van der Waals surface area contributed by atoms with Gasteiger partial charge in [-0.3, -0.25) is 4.79 Å². The van der Waals surface area contributed by atoms with Gasteiger partial charge in [0.1, 0.15) is 5.69 Å². The summed E-state index contributed by atoms with van der Waals surface area (Å²) < 4.78 is 0. The maximum Gasteiger partial charge on any atom is 0.227 e. The van der Waals surface area contributed by atoms with Gasteiger partial charge in [-0.25, -0.2) is 0 Å². The highest BCUT2D eigenvalue weighted by Gasteiger charge is 2.24. The van der Waals surface area contributed by atoms with Crippen molar-refractivity contribution < 1.29 is 9.90 Å². The maximum atomic E-state index is 12.1. The molecule has 1 aliphatic rings. The number of hydrogen-bond acceptors (Lipinski definition) is 3. The number of amides is 1. The molecule has 1 fully saturated rings. The molecule has 20 heavy (non-hydrogen) atoms. The average molecular weight is 360 g/mol. The summed E-state index contributed by atoms with van der Waals surface area (Å²) >= 11 is 17.7. The van der Waals surface area contributed by atoms with Crippen molar-refractivity contribution in [2.45, 2.75) is 12.8 Å². The Morgan fingerprint density at radius 2 is 1.85 bits per heavy atom. The second-order valence-electron chi connectivity index (χ2n) is 4.39. The Kier molecular flexibility index (Phi) is 6.69. The van der Waals surface area contributed by atoms with Gasteiger partial charge in [-0.15, -0.1) is 12.4 Å². The van der Waals surface area contributed by atoms with Gasteiger partial charge in [0.2, 0.25) is 5.91 Å². The van der Waals surface area contributed by atoms with Crippen molar-refractivity contribution in [3.63, 3.8) is 0 Å². The van der Waals surface area contributed by atoms with Gasteiger partial charge in [0.25, 0.3) is 0 Å². The fourth-order valence-electron chi connectivity index (χ4n) is 2.01. The Morgan fingerprint density at radius 3 is 2.45 bits per heavy atom. The van der Waals surface area contributed by atoms with Gasteiger partial charge in [-0.2, -0.15) is 0 Å². The molecule has 8 heteroatoms. The summed E-state index contributed by atoms with van der Waals surface area (Å²) in [6.07, 6.45) is 1.50. The highest BCUT2D eigenvalue weighted by Crippen LogP contribution is 2.42. The van der Waals surface area contributed by atoms with Crippen LogP contribution < -0.4 is 10.6 Å². The number of carbonyl (C=O) groups excluding carboxylic acids is 1. The molecule has 0 unspecified atom stereocenters. The number of benzene rings is 1. The quantitative estimate of drug-likeness (QED) is 0.557. The molecule has 1 aromatic rings. The fourth-order valence-corrected chi connectivity index (χ4v) is 2.66. The Hall–Kier alpha value is -0.390. The largest absolute Gasteiger partial charge is 0.504 e. The third-order valence-electron chi connectivity index (χ3n) is 3.10. The van der Waals surface area contributed by atoms with E-state index in [0.29, 0.717) is 0 Å². The van der Waals surface area contributed by atoms with E-state index in [9.17, 15) is 9.90 Å². The standard InChI is InChI=1S/C12H13Cl3N2O2.ClH/c13-7-5-8(14)11(18)10(9(7)15)17-12(19)6-1-3-16-4-2-6;/h5-6,16,18H,1-4H2,(H,17,19);1H. The van der Waals surface area contributed by atoms with E-state index in [1.54, 1.807) is 0 Å². The third-order valence-corrected chi connectivity index (χ3v) is 4.18. The van der Waals surface area contributed by atoms with Crippen LogP contribution in [0.25, 0.3) is 0 Å². The summed E-state index contributed by atoms with van der Waals surface area (Å²) in [5.41, 5.74) is 0.0719. The maximum absolute atomic E-state index is 12.1. The number of nitrogens with one attached hydrogen (secondary N) is 2. The molecule has 0 atom stereocenters. The lowest BCUT2D eigenvalue weighted by atomic mass is 9.97. The van der Waals surface area contributed by atoms with Crippen LogP contribution in [-0.4, -0.2) is 24.1 Å². The zero-order chi connectivity index (χ0) is 14.0. The second kappa shape index (κ2) is 7.57. The first-order valence-electron chi connectivity index (χ1n) is 5.88. The van der Waals surface area contributed by atoms with E-state index in [1.165, 1.54) is 6.07 Å². The van der Waals surface area contributed by atoms with Gasteiger partial charge in [0, 0.05) is 5.92 Å². The number of phenols is 1. The van der Waals surface area contributed by atoms with E-state index >= 15 is 0 Å². The van der Waals surface area contributed by atoms with Crippen LogP contribution in [0, 0.1) is 5.92 Å². The smallest absolute Gasteiger partial charge is 0.227 e. The molecule has 1 saturated heterocycles. The highest BCUT2D eigenvalue weighted by molar-refractivity contribution is 6.46. The van der Waals surface area contributed by atoms with Crippen molar-refractivity contribution in [2.24, 2.45) is 5.92 Å². The first-order chi connectivity index (χ1) is 9.00. The summed E-state index contributed by atoms with van der Waals surface area (Å²) in [4.78, 5) is 12.1. The number of hydrogen-bond donors (Lipinski definition) is 3. The lowest BCUT2D eigenvalue weighted by molar-refractivity contribution is -0.120. The number of rotatable bonds is 2. The molecule has 0 bridgehead atoms. The van der Waals surface area contributed by atoms with Crippen molar-refractivity contribution in [3.8, 4) is 5.75 Å². The Bertz CT molecular complexity index is 478. The number of aromatic hydroxyl groups is 1. The van der Waals surface area contributed by atoms with Crippen molar-refractivity contribution in [3.05, 3.63) is 21.1 Å². The van der Waals surface area contributed by atoms with Gasteiger partial charge in [-0.05, 0) is 32.0 Å². The van der Waals surface area contributed by atoms with Crippen LogP contribution in [0.1, 0.15) is 12.8 Å². The fraction of sp³-hybridized carbons (Fsp3) is 0.417. The summed E-state index contributed by atoms with van der Waals surface area (Å²) in [7, 11) is 0. The summed E-state index contributed by atoms with van der Waals surface area (Å²) in [6.45, 7) is 1.60. The van der Waals surface area contributed by atoms with E-state index in [-0.39, 0.29) is 50.7 Å². The van der Waals surface area contributed by atoms with Crippen LogP contribution >= 0.6 is 47.2 Å². The van der Waals surface area contributed by atoms with Crippen molar-refractivity contribution in [2.75, 3.05) is 18.4 Å². The molecule has 112 valence electrons. The minimum atomic E-state index is -0.265. The summed E-state index contributed by atoms with van der Waals surface area (Å²) in [5, 5.41) is 16.0. The monoisotopic (exact) mass is 358 g/mol. The second-order valence-corrected chi connectivity index (χ2v) is 5.58. The van der Waals surface area contributed by atoms with Crippen LogP contribution in [-0.2, 0) is 4.79 Å². The predicted molar refractivity (Wildman–Crippen MR) is 84.6 cm³/mol. The average Bonchev–Trinajstić information content (AvgIpc) is 2.42. The molecule has 0 radical (unpaired) electrons. The van der Waals surface area contributed by atoms with E-state index in [1.807, 2.05) is 0 Å². The van der Waals surface area contributed by atoms with Crippen molar-refractivity contribution in [1.82, 2.24) is 5.32 Å². The van der Waals surface area contributed by atoms with Crippen LogP contribution in [0.2, 0.25) is 15.1 Å². The molecule has 1 aliphatic heterocycles. The Morgan fingerprint density at radius 1 is 1.25 bits per heavy atom. The molecule has 1 heterocycles. The Labute approximate surface area is 138 Å². The first kappa shape index (κ1) is 17.7. The SMILES string of the molecule is Cl.O=C(Nc1c(O)c(Cl)cc(Cl)c1Cl)C1CCNCC1.